The van der Waals surface area contributed by atoms with Crippen LogP contribution in [0.4, 0.5) is 13.6 Å². The number of carbonyl (C=O) groups excluding carboxylic acids is 2. The zero-order valence-corrected chi connectivity index (χ0v) is 19.9. The molecule has 1 spiro atoms. The highest BCUT2D eigenvalue weighted by atomic mass is 19.3. The van der Waals surface area contributed by atoms with Crippen molar-refractivity contribution in [3.63, 3.8) is 0 Å². The first-order valence-electron chi connectivity index (χ1n) is 12.7. The minimum atomic E-state index is -3.20. The summed E-state index contributed by atoms with van der Waals surface area (Å²) in [4.78, 5) is 30.0. The number of amides is 3. The quantitative estimate of drug-likeness (QED) is 0.593. The van der Waals surface area contributed by atoms with E-state index in [0.717, 1.165) is 32.0 Å². The normalized spacial score (nSPS) is 23.6. The van der Waals surface area contributed by atoms with Crippen LogP contribution in [0.2, 0.25) is 0 Å². The van der Waals surface area contributed by atoms with Gasteiger partial charge >= 0.3 is 6.03 Å². The van der Waals surface area contributed by atoms with Gasteiger partial charge in [-0.05, 0) is 57.2 Å². The lowest BCUT2D eigenvalue weighted by Crippen LogP contribution is -2.65. The second kappa shape index (κ2) is 9.05. The van der Waals surface area contributed by atoms with E-state index in [0.29, 0.717) is 31.5 Å². The predicted molar refractivity (Wildman–Crippen MR) is 126 cm³/mol. The van der Waals surface area contributed by atoms with Gasteiger partial charge in [-0.2, -0.15) is 5.26 Å². The average molecular weight is 486 g/mol. The number of hydrogen-bond acceptors (Lipinski definition) is 4. The third kappa shape index (κ3) is 5.58. The summed E-state index contributed by atoms with van der Waals surface area (Å²) in [6.45, 7) is 3.28. The number of halogens is 2. The fourth-order valence-corrected chi connectivity index (χ4v) is 5.45. The Balaban J connectivity index is 1.20. The van der Waals surface area contributed by atoms with Gasteiger partial charge in [-0.15, -0.1) is 0 Å². The van der Waals surface area contributed by atoms with E-state index in [1.54, 1.807) is 35.2 Å². The number of nitriles is 1. The van der Waals surface area contributed by atoms with E-state index < -0.39 is 42.3 Å². The molecule has 1 aromatic carbocycles. The molecule has 1 aromatic rings. The highest BCUT2D eigenvalue weighted by Gasteiger charge is 2.50. The number of urea groups is 1. The number of carbonyl (C=O) groups is 2. The van der Waals surface area contributed by atoms with Crippen LogP contribution in [-0.4, -0.2) is 71.5 Å². The van der Waals surface area contributed by atoms with Gasteiger partial charge < -0.3 is 20.4 Å². The molecule has 4 aliphatic rings. The van der Waals surface area contributed by atoms with Gasteiger partial charge in [-0.1, -0.05) is 30.3 Å². The van der Waals surface area contributed by atoms with Gasteiger partial charge in [0, 0.05) is 37.4 Å². The molecule has 0 bridgehead atoms. The Kier molecular flexibility index (Phi) is 6.20. The molecular formula is C26H33F2N5O2. The Bertz CT molecular complexity index is 987. The first-order chi connectivity index (χ1) is 16.7. The molecule has 35 heavy (non-hydrogen) atoms. The molecule has 3 amide bonds. The molecular weight excluding hydrogens is 452 g/mol. The van der Waals surface area contributed by atoms with Crippen molar-refractivity contribution in [2.45, 2.75) is 74.9 Å². The Morgan fingerprint density at radius 3 is 2.34 bits per heavy atom. The van der Waals surface area contributed by atoms with E-state index >= 15 is 0 Å². The van der Waals surface area contributed by atoms with E-state index in [-0.39, 0.29) is 5.41 Å². The summed E-state index contributed by atoms with van der Waals surface area (Å²) in [6.07, 6.45) is 4.27. The van der Waals surface area contributed by atoms with E-state index in [1.165, 1.54) is 12.8 Å². The Hall–Kier alpha value is -2.73. The van der Waals surface area contributed by atoms with Crippen molar-refractivity contribution in [2.24, 2.45) is 5.41 Å². The first kappa shape index (κ1) is 24.0. The number of alkyl halides is 2. The molecule has 2 aliphatic carbocycles. The summed E-state index contributed by atoms with van der Waals surface area (Å²) in [6, 6.07) is 9.25. The van der Waals surface area contributed by atoms with Crippen molar-refractivity contribution >= 4 is 11.9 Å². The third-order valence-corrected chi connectivity index (χ3v) is 8.01. The maximum atomic E-state index is 15.0. The van der Waals surface area contributed by atoms with Gasteiger partial charge in [-0.25, -0.2) is 13.6 Å². The van der Waals surface area contributed by atoms with Crippen molar-refractivity contribution in [3.8, 4) is 6.07 Å². The monoisotopic (exact) mass is 485 g/mol. The van der Waals surface area contributed by atoms with Crippen molar-refractivity contribution in [2.75, 3.05) is 26.2 Å². The summed E-state index contributed by atoms with van der Waals surface area (Å²) in [7, 11) is 0. The lowest BCUT2D eigenvalue weighted by Gasteiger charge is -2.54. The topological polar surface area (TPSA) is 88.5 Å². The molecule has 1 atom stereocenters. The van der Waals surface area contributed by atoms with Crippen LogP contribution in [0, 0.1) is 16.7 Å². The van der Waals surface area contributed by atoms with Gasteiger partial charge in [0.15, 0.2) is 0 Å². The van der Waals surface area contributed by atoms with E-state index in [2.05, 4.69) is 15.5 Å². The number of nitrogens with zero attached hydrogens (tertiary/aromatic N) is 3. The van der Waals surface area contributed by atoms with Crippen LogP contribution in [0.3, 0.4) is 0 Å². The molecule has 7 nitrogen and oxygen atoms in total. The molecule has 4 fully saturated rings. The summed E-state index contributed by atoms with van der Waals surface area (Å²) >= 11 is 0. The second-order valence-electron chi connectivity index (χ2n) is 11.0. The van der Waals surface area contributed by atoms with Crippen molar-refractivity contribution in [3.05, 3.63) is 35.9 Å². The number of benzene rings is 1. The lowest BCUT2D eigenvalue weighted by atomic mass is 9.72. The van der Waals surface area contributed by atoms with Crippen molar-refractivity contribution < 1.29 is 18.4 Å². The zero-order valence-electron chi connectivity index (χ0n) is 19.9. The molecule has 188 valence electrons. The average Bonchev–Trinajstić information content (AvgIpc) is 3.73. The van der Waals surface area contributed by atoms with E-state index in [9.17, 15) is 23.6 Å². The maximum absolute atomic E-state index is 15.0. The van der Waals surface area contributed by atoms with E-state index in [1.807, 2.05) is 6.07 Å². The summed E-state index contributed by atoms with van der Waals surface area (Å²) in [5.74, 6) is -3.93. The summed E-state index contributed by atoms with van der Waals surface area (Å²) in [5, 5.41) is 14.5. The van der Waals surface area contributed by atoms with Gasteiger partial charge in [-0.3, -0.25) is 4.79 Å². The molecule has 9 heteroatoms. The van der Waals surface area contributed by atoms with Crippen LogP contribution in [0.5, 0.6) is 0 Å². The Labute approximate surface area is 204 Å². The van der Waals surface area contributed by atoms with Crippen LogP contribution >= 0.6 is 0 Å². The smallest absolute Gasteiger partial charge is 0.318 e. The van der Waals surface area contributed by atoms with Crippen molar-refractivity contribution in [1.82, 2.24) is 20.4 Å². The SMILES string of the molecule is N#CC1(NC(=O)[C@H](CC(F)(F)Cc2ccccc2)NC(=O)N2CC3(CCN(C4CC4)CC3)C2)CC1. The molecule has 2 heterocycles. The predicted octanol–water partition coefficient (Wildman–Crippen LogP) is 3.07. The lowest BCUT2D eigenvalue weighted by molar-refractivity contribution is -0.126. The van der Waals surface area contributed by atoms with Crippen LogP contribution in [0.25, 0.3) is 0 Å². The molecule has 0 aromatic heterocycles. The number of likely N-dealkylation sites (tertiary alicyclic amines) is 2. The van der Waals surface area contributed by atoms with Gasteiger partial charge in [0.1, 0.15) is 11.6 Å². The Morgan fingerprint density at radius 1 is 1.11 bits per heavy atom. The number of piperidine rings is 1. The number of nitrogens with one attached hydrogen (secondary N) is 2. The number of hydrogen-bond donors (Lipinski definition) is 2. The van der Waals surface area contributed by atoms with Crippen LogP contribution in [0.15, 0.2) is 30.3 Å². The zero-order chi connectivity index (χ0) is 24.7. The largest absolute Gasteiger partial charge is 0.336 e. The molecule has 2 N–H and O–H groups in total. The van der Waals surface area contributed by atoms with Crippen molar-refractivity contribution in [1.29, 1.82) is 5.26 Å². The Morgan fingerprint density at radius 2 is 1.77 bits per heavy atom. The molecule has 2 saturated carbocycles. The third-order valence-electron chi connectivity index (χ3n) is 8.01. The summed E-state index contributed by atoms with van der Waals surface area (Å²) < 4.78 is 30.0. The standard InChI is InChI=1S/C26H33F2N5O2/c27-26(28,14-19-4-2-1-3-5-19)15-21(22(34)31-25(16-29)8-9-25)30-23(35)33-17-24(18-33)10-12-32(13-11-24)20-6-7-20/h1-5,20-21H,6-15,17-18H2,(H,30,35)(H,31,34)/t21-/m0/s1. The highest BCUT2D eigenvalue weighted by Crippen LogP contribution is 2.43. The minimum absolute atomic E-state index is 0.108. The van der Waals surface area contributed by atoms with Crippen LogP contribution < -0.4 is 10.6 Å². The number of rotatable bonds is 8. The summed E-state index contributed by atoms with van der Waals surface area (Å²) in [5.41, 5.74) is -0.428. The van der Waals surface area contributed by atoms with Gasteiger partial charge in [0.2, 0.25) is 5.91 Å². The van der Waals surface area contributed by atoms with Crippen LogP contribution in [0.1, 0.15) is 50.5 Å². The second-order valence-corrected chi connectivity index (χ2v) is 11.0. The fourth-order valence-electron chi connectivity index (χ4n) is 5.45. The molecule has 2 saturated heterocycles. The molecule has 2 aliphatic heterocycles. The van der Waals surface area contributed by atoms with E-state index in [4.69, 9.17) is 0 Å². The maximum Gasteiger partial charge on any atom is 0.318 e. The van der Waals surface area contributed by atoms with Crippen LogP contribution in [-0.2, 0) is 11.2 Å². The first-order valence-corrected chi connectivity index (χ1v) is 12.7. The van der Waals surface area contributed by atoms with Gasteiger partial charge in [0.05, 0.1) is 6.07 Å². The molecule has 5 rings (SSSR count). The highest BCUT2D eigenvalue weighted by molar-refractivity contribution is 5.88. The molecule has 0 unspecified atom stereocenters. The molecule has 0 radical (unpaired) electrons. The minimum Gasteiger partial charge on any atom is -0.336 e. The van der Waals surface area contributed by atoms with Gasteiger partial charge in [0.25, 0.3) is 5.92 Å². The fraction of sp³-hybridized carbons (Fsp3) is 0.654.